The van der Waals surface area contributed by atoms with E-state index in [0.717, 1.165) is 11.8 Å². The second-order valence-electron chi connectivity index (χ2n) is 5.66. The molecule has 0 aromatic carbocycles. The Labute approximate surface area is 94.5 Å². The summed E-state index contributed by atoms with van der Waals surface area (Å²) in [5.41, 5.74) is 0. The van der Waals surface area contributed by atoms with E-state index in [1.54, 1.807) is 0 Å². The Balaban J connectivity index is 2.42. The molecule has 0 saturated carbocycles. The van der Waals surface area contributed by atoms with E-state index in [1.807, 2.05) is 0 Å². The van der Waals surface area contributed by atoms with Crippen LogP contribution in [0.5, 0.6) is 0 Å². The normalized spacial score (nSPS) is 18.4. The second-order valence-corrected chi connectivity index (χ2v) is 8.64. The lowest BCUT2D eigenvalue weighted by Gasteiger charge is -2.25. The van der Waals surface area contributed by atoms with Gasteiger partial charge in [-0.1, -0.05) is 50.1 Å². The van der Waals surface area contributed by atoms with E-state index in [2.05, 4.69) is 31.6 Å². The van der Waals surface area contributed by atoms with Gasteiger partial charge in [-0.3, -0.25) is 0 Å². The fourth-order valence-electron chi connectivity index (χ4n) is 2.59. The molecule has 1 heterocycles. The first kappa shape index (κ1) is 12.6. The van der Waals surface area contributed by atoms with Crippen LogP contribution < -0.4 is 0 Å². The first-order valence-corrected chi connectivity index (χ1v) is 8.48. The Morgan fingerprint density at radius 3 is 1.71 bits per heavy atom. The van der Waals surface area contributed by atoms with Gasteiger partial charge in [0, 0.05) is 0 Å². The molecule has 1 aliphatic heterocycles. The van der Waals surface area contributed by atoms with Crippen LogP contribution in [0.4, 0.5) is 0 Å². The second kappa shape index (κ2) is 6.16. The third-order valence-corrected chi connectivity index (χ3v) is 7.67. The molecule has 0 N–H and O–H groups in total. The van der Waals surface area contributed by atoms with Crippen molar-refractivity contribution in [2.24, 2.45) is 11.8 Å². The summed E-state index contributed by atoms with van der Waals surface area (Å²) < 4.78 is 2.86. The van der Waals surface area contributed by atoms with Crippen molar-refractivity contribution in [3.63, 3.8) is 0 Å². The van der Waals surface area contributed by atoms with Crippen molar-refractivity contribution in [2.45, 2.75) is 51.1 Å². The first-order valence-electron chi connectivity index (χ1n) is 6.33. The lowest BCUT2D eigenvalue weighted by Crippen LogP contribution is -2.38. The molecule has 82 valence electrons. The largest absolute Gasteiger partial charge is 0.385 e. The van der Waals surface area contributed by atoms with Crippen molar-refractivity contribution in [3.05, 3.63) is 0 Å². The van der Waals surface area contributed by atoms with E-state index in [4.69, 9.17) is 0 Å². The van der Waals surface area contributed by atoms with E-state index >= 15 is 0 Å². The van der Waals surface area contributed by atoms with Crippen molar-refractivity contribution < 1.29 is 0 Å². The third kappa shape index (κ3) is 4.34. The zero-order chi connectivity index (χ0) is 10.6. The van der Waals surface area contributed by atoms with Gasteiger partial charge in [-0.2, -0.15) is 0 Å². The lowest BCUT2D eigenvalue weighted by atomic mass is 10.3. The summed E-state index contributed by atoms with van der Waals surface area (Å²) in [6.07, 6.45) is 2.92. The Morgan fingerprint density at radius 1 is 0.929 bits per heavy atom. The predicted octanol–water partition coefficient (Wildman–Crippen LogP) is 3.39. The Hall–Kier alpha value is 0.492. The van der Waals surface area contributed by atoms with Crippen LogP contribution in [0.1, 0.15) is 40.5 Å². The quantitative estimate of drug-likeness (QED) is 0.630. The van der Waals surface area contributed by atoms with Gasteiger partial charge in [0.1, 0.15) is 0 Å². The molecule has 1 aliphatic rings. The molecule has 0 bridgehead atoms. The Morgan fingerprint density at radius 2 is 1.36 bits per heavy atom. The molecule has 0 radical (unpaired) electrons. The molecule has 2 heteroatoms. The highest BCUT2D eigenvalue weighted by molar-refractivity contribution is 6.56. The van der Waals surface area contributed by atoms with Crippen molar-refractivity contribution in [3.8, 4) is 0 Å². The molecule has 0 aromatic heterocycles. The number of hydrogen-bond acceptors (Lipinski definition) is 1. The van der Waals surface area contributed by atoms with Crippen LogP contribution in [0.2, 0.25) is 10.6 Å². The van der Waals surface area contributed by atoms with E-state index in [0.29, 0.717) is 0 Å². The zero-order valence-electron chi connectivity index (χ0n) is 10.4. The summed E-state index contributed by atoms with van der Waals surface area (Å²) in [6.45, 7) is 12.4. The molecule has 0 aliphatic carbocycles. The average Bonchev–Trinajstić information content (AvgIpc) is 2.52. The van der Waals surface area contributed by atoms with E-state index in [9.17, 15) is 0 Å². The number of hydrogen-bond donors (Lipinski definition) is 0. The van der Waals surface area contributed by atoms with Crippen LogP contribution in [0, 0.1) is 11.8 Å². The van der Waals surface area contributed by atoms with Crippen LogP contribution in [0.25, 0.3) is 0 Å². The van der Waals surface area contributed by atoms with E-state index in [1.165, 1.54) is 36.5 Å². The van der Waals surface area contributed by atoms with Gasteiger partial charge in [-0.05, 0) is 25.9 Å². The van der Waals surface area contributed by atoms with Gasteiger partial charge in [0.15, 0.2) is 0 Å². The molecular weight excluding hydrogens is 185 g/mol. The van der Waals surface area contributed by atoms with Gasteiger partial charge in [-0.25, -0.2) is 0 Å². The first-order chi connectivity index (χ1) is 6.59. The fraction of sp³-hybridized carbons (Fsp3) is 1.00. The SMILES string of the molecule is CC(C)[CH2][Al]([CH2]C(C)C)[N]1CCCC1. The van der Waals surface area contributed by atoms with Crippen LogP contribution >= 0.6 is 0 Å². The summed E-state index contributed by atoms with van der Waals surface area (Å²) in [5.74, 6) is 1.82. The molecule has 14 heavy (non-hydrogen) atoms. The maximum absolute atomic E-state index is 2.86. The fourth-order valence-corrected chi connectivity index (χ4v) is 6.65. The standard InChI is InChI=1S/C4H8N.2C4H9.Al/c1-2-4-5-3-1;2*1-4(2)3;/h1-4H2;2*4H,1H2,2-3H3;/q-1;;;+1. The van der Waals surface area contributed by atoms with Gasteiger partial charge in [0.2, 0.25) is 0 Å². The molecule has 1 fully saturated rings. The molecule has 0 unspecified atom stereocenters. The Kier molecular flexibility index (Phi) is 5.52. The summed E-state index contributed by atoms with van der Waals surface area (Å²) in [4.78, 5) is 0. The highest BCUT2D eigenvalue weighted by atomic mass is 27.2. The molecule has 1 nitrogen and oxygen atoms in total. The van der Waals surface area contributed by atoms with Gasteiger partial charge >= 0.3 is 14.4 Å². The lowest BCUT2D eigenvalue weighted by molar-refractivity contribution is 0.506. The predicted molar refractivity (Wildman–Crippen MR) is 65.9 cm³/mol. The molecule has 0 atom stereocenters. The van der Waals surface area contributed by atoms with Crippen LogP contribution in [0.3, 0.4) is 0 Å². The zero-order valence-corrected chi connectivity index (χ0v) is 11.6. The highest BCUT2D eigenvalue weighted by Gasteiger charge is 2.29. The molecular formula is C12H26AlN. The van der Waals surface area contributed by atoms with Crippen molar-refractivity contribution in [1.82, 2.24) is 3.88 Å². The van der Waals surface area contributed by atoms with E-state index in [-0.39, 0.29) is 0 Å². The Bertz CT molecular complexity index is 140. The molecule has 0 spiro atoms. The molecule has 1 saturated heterocycles. The summed E-state index contributed by atoms with van der Waals surface area (Å²) >= 11 is -0.569. The van der Waals surface area contributed by atoms with Crippen LogP contribution in [-0.4, -0.2) is 31.3 Å². The average molecular weight is 211 g/mol. The minimum absolute atomic E-state index is 0.569. The minimum atomic E-state index is -0.569. The molecule has 0 aromatic rings. The van der Waals surface area contributed by atoms with Crippen LogP contribution in [-0.2, 0) is 0 Å². The van der Waals surface area contributed by atoms with Gasteiger partial charge < -0.3 is 3.88 Å². The maximum atomic E-state index is 2.86. The summed E-state index contributed by atoms with van der Waals surface area (Å²) in [7, 11) is 0. The van der Waals surface area contributed by atoms with Crippen molar-refractivity contribution in [2.75, 3.05) is 13.1 Å². The topological polar surface area (TPSA) is 3.24 Å². The summed E-state index contributed by atoms with van der Waals surface area (Å²) in [5, 5.41) is 3.05. The van der Waals surface area contributed by atoms with Gasteiger partial charge in [0.25, 0.3) is 0 Å². The van der Waals surface area contributed by atoms with Crippen molar-refractivity contribution in [1.29, 1.82) is 0 Å². The number of rotatable bonds is 5. The van der Waals surface area contributed by atoms with Gasteiger partial charge in [0.05, 0.1) is 0 Å². The highest BCUT2D eigenvalue weighted by Crippen LogP contribution is 2.21. The van der Waals surface area contributed by atoms with Crippen LogP contribution in [0.15, 0.2) is 0 Å². The minimum Gasteiger partial charge on any atom is -0.385 e. The monoisotopic (exact) mass is 211 g/mol. The molecule has 1 rings (SSSR count). The maximum Gasteiger partial charge on any atom is 0.373 e. The smallest absolute Gasteiger partial charge is 0.373 e. The van der Waals surface area contributed by atoms with E-state index < -0.39 is 14.4 Å². The summed E-state index contributed by atoms with van der Waals surface area (Å²) in [6, 6.07) is 0. The third-order valence-electron chi connectivity index (χ3n) is 3.14. The van der Waals surface area contributed by atoms with Crippen molar-refractivity contribution >= 4 is 14.4 Å². The molecule has 0 amide bonds. The number of nitrogens with zero attached hydrogens (tertiary/aromatic N) is 1. The van der Waals surface area contributed by atoms with Gasteiger partial charge in [-0.15, -0.1) is 0 Å².